The van der Waals surface area contributed by atoms with Crippen LogP contribution in [0.25, 0.3) is 0 Å². The van der Waals surface area contributed by atoms with Gasteiger partial charge in [0.25, 0.3) is 0 Å². The smallest absolute Gasteiger partial charge is 0.191 e. The molecule has 0 aliphatic heterocycles. The Labute approximate surface area is 186 Å². The van der Waals surface area contributed by atoms with Crippen LogP contribution in [0, 0.1) is 6.92 Å². The number of nitrogens with zero attached hydrogens (tertiary/aromatic N) is 3. The Balaban J connectivity index is 1.47. The molecule has 0 aliphatic carbocycles. The van der Waals surface area contributed by atoms with Gasteiger partial charge in [-0.3, -0.25) is 0 Å². The molecule has 0 fully saturated rings. The average Bonchev–Trinajstić information content (AvgIpc) is 3.15. The Morgan fingerprint density at radius 3 is 2.43 bits per heavy atom. The molecule has 0 saturated carbocycles. The topological polar surface area (TPSA) is 49.2 Å². The minimum atomic E-state index is 0.658. The van der Waals surface area contributed by atoms with Gasteiger partial charge in [-0.05, 0) is 49.7 Å². The molecule has 3 rings (SSSR count). The number of ether oxygens (including phenoxy) is 2. The van der Waals surface area contributed by atoms with E-state index in [0.29, 0.717) is 13.2 Å². The molecule has 0 unspecified atom stereocenters. The Kier molecular flexibility index (Phi) is 8.71. The number of thioether (sulfide) groups is 2. The molecule has 0 radical (unpaired) electrons. The molecule has 5 nitrogen and oxygen atoms in total. The molecule has 0 amide bonds. The fraction of sp³-hybridized carbons (Fsp3) is 0.304. The number of allylic oxidation sites excluding steroid dienone is 1. The first-order valence-electron chi connectivity index (χ1n) is 9.81. The predicted molar refractivity (Wildman–Crippen MR) is 125 cm³/mol. The average molecular weight is 442 g/mol. The largest absolute Gasteiger partial charge is 0.497 e. The minimum Gasteiger partial charge on any atom is -0.497 e. The first-order chi connectivity index (χ1) is 14.7. The van der Waals surface area contributed by atoms with Crippen LogP contribution in [0.5, 0.6) is 11.5 Å². The van der Waals surface area contributed by atoms with Crippen LogP contribution in [0.3, 0.4) is 0 Å². The van der Waals surface area contributed by atoms with E-state index in [4.69, 9.17) is 9.47 Å². The molecule has 158 valence electrons. The fourth-order valence-electron chi connectivity index (χ4n) is 2.71. The van der Waals surface area contributed by atoms with Gasteiger partial charge in [0.05, 0.1) is 19.5 Å². The van der Waals surface area contributed by atoms with E-state index in [0.717, 1.165) is 40.4 Å². The summed E-state index contributed by atoms with van der Waals surface area (Å²) in [5.41, 5.74) is 1.27. The quantitative estimate of drug-likeness (QED) is 0.206. The summed E-state index contributed by atoms with van der Waals surface area (Å²) < 4.78 is 13.1. The standard InChI is InChI=1S/C23H27N3O2S2/c1-4-14-26-22(17-30-21-12-6-18(2)7-13-21)24-25-23(26)29-16-5-15-28-20-10-8-19(27-3)9-11-20/h4,6-13H,1,5,14-17H2,2-3H3. The molecular weight excluding hydrogens is 414 g/mol. The Morgan fingerprint density at radius 1 is 1.00 bits per heavy atom. The summed E-state index contributed by atoms with van der Waals surface area (Å²) in [6.07, 6.45) is 2.81. The van der Waals surface area contributed by atoms with Crippen LogP contribution in [0.15, 0.2) is 71.2 Å². The predicted octanol–water partition coefficient (Wildman–Crippen LogP) is 5.63. The molecule has 7 heteroatoms. The zero-order valence-electron chi connectivity index (χ0n) is 17.4. The van der Waals surface area contributed by atoms with Gasteiger partial charge in [0.1, 0.15) is 17.3 Å². The second kappa shape index (κ2) is 11.7. The number of methoxy groups -OCH3 is 1. The third kappa shape index (κ3) is 6.57. The van der Waals surface area contributed by atoms with Crippen LogP contribution < -0.4 is 9.47 Å². The zero-order valence-corrected chi connectivity index (χ0v) is 19.0. The third-order valence-electron chi connectivity index (χ3n) is 4.34. The number of rotatable bonds is 12. The molecule has 1 heterocycles. The number of aromatic nitrogens is 3. The van der Waals surface area contributed by atoms with Crippen molar-refractivity contribution in [1.29, 1.82) is 0 Å². The van der Waals surface area contributed by atoms with Crippen molar-refractivity contribution < 1.29 is 9.47 Å². The lowest BCUT2D eigenvalue weighted by Gasteiger charge is -2.09. The van der Waals surface area contributed by atoms with Crippen molar-refractivity contribution in [3.8, 4) is 11.5 Å². The van der Waals surface area contributed by atoms with Gasteiger partial charge in [0.15, 0.2) is 5.16 Å². The van der Waals surface area contributed by atoms with Crippen molar-refractivity contribution in [1.82, 2.24) is 14.8 Å². The number of hydrogen-bond donors (Lipinski definition) is 0. The van der Waals surface area contributed by atoms with Crippen LogP contribution >= 0.6 is 23.5 Å². The van der Waals surface area contributed by atoms with E-state index in [1.807, 2.05) is 30.3 Å². The molecule has 1 aromatic heterocycles. The first-order valence-corrected chi connectivity index (χ1v) is 11.8. The summed E-state index contributed by atoms with van der Waals surface area (Å²) in [6.45, 7) is 7.35. The summed E-state index contributed by atoms with van der Waals surface area (Å²) in [4.78, 5) is 1.23. The number of benzene rings is 2. The molecule has 0 spiro atoms. The van der Waals surface area contributed by atoms with Crippen molar-refractivity contribution in [3.63, 3.8) is 0 Å². The van der Waals surface area contributed by atoms with Gasteiger partial charge in [-0.25, -0.2) is 0 Å². The van der Waals surface area contributed by atoms with E-state index in [1.54, 1.807) is 30.6 Å². The van der Waals surface area contributed by atoms with E-state index in [1.165, 1.54) is 10.5 Å². The maximum atomic E-state index is 5.79. The van der Waals surface area contributed by atoms with Gasteiger partial charge in [-0.2, -0.15) is 0 Å². The van der Waals surface area contributed by atoms with E-state index in [2.05, 4.69) is 52.5 Å². The number of aryl methyl sites for hydroxylation is 1. The van der Waals surface area contributed by atoms with Crippen molar-refractivity contribution >= 4 is 23.5 Å². The maximum Gasteiger partial charge on any atom is 0.191 e. The lowest BCUT2D eigenvalue weighted by molar-refractivity contribution is 0.318. The Bertz CT molecular complexity index is 925. The number of hydrogen-bond acceptors (Lipinski definition) is 6. The second-order valence-corrected chi connectivity index (χ2v) is 8.74. The highest BCUT2D eigenvalue weighted by molar-refractivity contribution is 7.99. The molecule has 0 N–H and O–H groups in total. The van der Waals surface area contributed by atoms with E-state index in [-0.39, 0.29) is 0 Å². The molecule has 0 bridgehead atoms. The lowest BCUT2D eigenvalue weighted by atomic mass is 10.2. The van der Waals surface area contributed by atoms with E-state index < -0.39 is 0 Å². The molecule has 2 aromatic carbocycles. The first kappa shape index (κ1) is 22.3. The summed E-state index contributed by atoms with van der Waals surface area (Å²) in [7, 11) is 1.66. The van der Waals surface area contributed by atoms with Crippen molar-refractivity contribution in [3.05, 3.63) is 72.6 Å². The molecule has 3 aromatic rings. The van der Waals surface area contributed by atoms with Gasteiger partial charge >= 0.3 is 0 Å². The van der Waals surface area contributed by atoms with E-state index in [9.17, 15) is 0 Å². The Hall–Kier alpha value is -2.38. The van der Waals surface area contributed by atoms with Crippen LogP contribution in [0.4, 0.5) is 0 Å². The summed E-state index contributed by atoms with van der Waals surface area (Å²) in [5.74, 6) is 4.35. The van der Waals surface area contributed by atoms with Crippen molar-refractivity contribution in [2.24, 2.45) is 0 Å². The monoisotopic (exact) mass is 441 g/mol. The second-order valence-electron chi connectivity index (χ2n) is 6.63. The van der Waals surface area contributed by atoms with Gasteiger partial charge in [0.2, 0.25) is 0 Å². The van der Waals surface area contributed by atoms with Gasteiger partial charge in [0, 0.05) is 17.2 Å². The van der Waals surface area contributed by atoms with Crippen LogP contribution in [-0.4, -0.2) is 34.2 Å². The lowest BCUT2D eigenvalue weighted by Crippen LogP contribution is -2.04. The molecule has 0 aliphatic rings. The molecular formula is C23H27N3O2S2. The molecule has 0 saturated heterocycles. The summed E-state index contributed by atoms with van der Waals surface area (Å²) in [6, 6.07) is 16.2. The maximum absolute atomic E-state index is 5.79. The highest BCUT2D eigenvalue weighted by atomic mass is 32.2. The van der Waals surface area contributed by atoms with Gasteiger partial charge in [-0.15, -0.1) is 28.5 Å². The highest BCUT2D eigenvalue weighted by Gasteiger charge is 2.12. The normalized spacial score (nSPS) is 10.7. The minimum absolute atomic E-state index is 0.658. The zero-order chi connectivity index (χ0) is 21.2. The fourth-order valence-corrected chi connectivity index (χ4v) is 4.43. The third-order valence-corrected chi connectivity index (χ3v) is 6.40. The van der Waals surface area contributed by atoms with Crippen LogP contribution in [-0.2, 0) is 12.3 Å². The van der Waals surface area contributed by atoms with Gasteiger partial charge < -0.3 is 14.0 Å². The molecule has 30 heavy (non-hydrogen) atoms. The van der Waals surface area contributed by atoms with Crippen molar-refractivity contribution in [2.75, 3.05) is 19.5 Å². The molecule has 0 atom stereocenters. The van der Waals surface area contributed by atoms with Gasteiger partial charge in [-0.1, -0.05) is 35.5 Å². The highest BCUT2D eigenvalue weighted by Crippen LogP contribution is 2.25. The summed E-state index contributed by atoms with van der Waals surface area (Å²) >= 11 is 3.48. The SMILES string of the molecule is C=CCn1c(CSc2ccc(C)cc2)nnc1SCCCOc1ccc(OC)cc1. The van der Waals surface area contributed by atoms with E-state index >= 15 is 0 Å². The Morgan fingerprint density at radius 2 is 1.73 bits per heavy atom. The van der Waals surface area contributed by atoms with Crippen LogP contribution in [0.2, 0.25) is 0 Å². The van der Waals surface area contributed by atoms with Crippen molar-refractivity contribution in [2.45, 2.75) is 35.7 Å². The summed E-state index contributed by atoms with van der Waals surface area (Å²) in [5, 5.41) is 9.74. The van der Waals surface area contributed by atoms with Crippen LogP contribution in [0.1, 0.15) is 17.8 Å².